The molecule has 0 fully saturated rings. The van der Waals surface area contributed by atoms with Crippen LogP contribution in [0.1, 0.15) is 50.3 Å². The molecule has 10 heteroatoms. The molecular formula is C29H34ClN3O5S. The molecule has 2 N–H and O–H groups in total. The van der Waals surface area contributed by atoms with Crippen LogP contribution in [-0.2, 0) is 25.2 Å². The Morgan fingerprint density at radius 3 is 2.49 bits per heavy atom. The van der Waals surface area contributed by atoms with Gasteiger partial charge in [-0.15, -0.1) is 0 Å². The minimum absolute atomic E-state index is 0.0225. The number of hydrogen-bond acceptors (Lipinski definition) is 5. The Morgan fingerprint density at radius 1 is 1.13 bits per heavy atom. The van der Waals surface area contributed by atoms with Crippen molar-refractivity contribution in [1.82, 2.24) is 14.6 Å². The monoisotopic (exact) mass is 571 g/mol. The van der Waals surface area contributed by atoms with E-state index < -0.39 is 33.5 Å². The van der Waals surface area contributed by atoms with Gasteiger partial charge in [-0.25, -0.2) is 8.42 Å². The van der Waals surface area contributed by atoms with Gasteiger partial charge in [-0.2, -0.15) is 4.31 Å². The first-order valence-electron chi connectivity index (χ1n) is 12.6. The van der Waals surface area contributed by atoms with Gasteiger partial charge >= 0.3 is 5.97 Å². The zero-order valence-electron chi connectivity index (χ0n) is 22.7. The summed E-state index contributed by atoms with van der Waals surface area (Å²) >= 11 is 6.29. The second-order valence-electron chi connectivity index (χ2n) is 10.0. The third kappa shape index (κ3) is 6.84. The van der Waals surface area contributed by atoms with Crippen molar-refractivity contribution in [2.75, 3.05) is 6.54 Å². The number of carbonyl (C=O) groups excluding carboxylic acids is 1. The van der Waals surface area contributed by atoms with E-state index >= 15 is 0 Å². The molecule has 0 saturated heterocycles. The first-order chi connectivity index (χ1) is 18.3. The van der Waals surface area contributed by atoms with Gasteiger partial charge in [-0.05, 0) is 93.1 Å². The van der Waals surface area contributed by atoms with Crippen molar-refractivity contribution in [3.8, 4) is 11.1 Å². The van der Waals surface area contributed by atoms with Crippen LogP contribution in [0.15, 0.2) is 65.8 Å². The van der Waals surface area contributed by atoms with E-state index in [1.807, 2.05) is 51.1 Å². The lowest BCUT2D eigenvalue weighted by Crippen LogP contribution is -2.46. The Kier molecular flexibility index (Phi) is 9.53. The number of rotatable bonds is 11. The SMILES string of the molecule is Cc1cnccc1-c1cccc(C(C)(C)N(CCCC(=O)N[C@H](C)C(=O)O)S(=O)(=O)c2cccc(Cl)c2C)c1. The minimum atomic E-state index is -4.07. The number of sulfonamides is 1. The maximum Gasteiger partial charge on any atom is 0.325 e. The predicted molar refractivity (Wildman–Crippen MR) is 152 cm³/mol. The molecule has 1 aromatic heterocycles. The normalized spacial score (nSPS) is 12.8. The Bertz CT molecular complexity index is 1470. The van der Waals surface area contributed by atoms with Crippen molar-refractivity contribution < 1.29 is 23.1 Å². The summed E-state index contributed by atoms with van der Waals surface area (Å²) in [7, 11) is -4.07. The van der Waals surface area contributed by atoms with Gasteiger partial charge in [0.15, 0.2) is 0 Å². The molecule has 0 spiro atoms. The van der Waals surface area contributed by atoms with E-state index in [9.17, 15) is 18.0 Å². The predicted octanol–water partition coefficient (Wildman–Crippen LogP) is 5.31. The molecule has 0 radical (unpaired) electrons. The average Bonchev–Trinajstić information content (AvgIpc) is 2.88. The van der Waals surface area contributed by atoms with Crippen molar-refractivity contribution in [2.45, 2.75) is 63.9 Å². The molecule has 1 heterocycles. The smallest absolute Gasteiger partial charge is 0.325 e. The third-order valence-electron chi connectivity index (χ3n) is 6.82. The fourth-order valence-corrected chi connectivity index (χ4v) is 6.74. The van der Waals surface area contributed by atoms with Crippen molar-refractivity contribution in [1.29, 1.82) is 0 Å². The van der Waals surface area contributed by atoms with E-state index in [0.29, 0.717) is 10.6 Å². The van der Waals surface area contributed by atoms with Gasteiger partial charge in [0.25, 0.3) is 0 Å². The van der Waals surface area contributed by atoms with Crippen LogP contribution in [-0.4, -0.2) is 47.3 Å². The number of carboxylic acid groups (broad SMARTS) is 1. The number of carbonyl (C=O) groups is 2. The van der Waals surface area contributed by atoms with Crippen molar-refractivity contribution in [3.63, 3.8) is 0 Å². The first-order valence-corrected chi connectivity index (χ1v) is 14.4. The zero-order valence-corrected chi connectivity index (χ0v) is 24.3. The van der Waals surface area contributed by atoms with Crippen LogP contribution in [0.4, 0.5) is 0 Å². The number of aryl methyl sites for hydroxylation is 1. The molecule has 2 aromatic carbocycles. The number of hydrogen-bond donors (Lipinski definition) is 2. The average molecular weight is 572 g/mol. The number of benzene rings is 2. The maximum absolute atomic E-state index is 14.2. The molecule has 3 rings (SSSR count). The molecule has 0 saturated carbocycles. The van der Waals surface area contributed by atoms with Crippen LogP contribution >= 0.6 is 11.6 Å². The summed E-state index contributed by atoms with van der Waals surface area (Å²) in [5.41, 5.74) is 3.10. The summed E-state index contributed by atoms with van der Waals surface area (Å²) in [6.07, 6.45) is 3.64. The third-order valence-corrected chi connectivity index (χ3v) is 9.45. The topological polar surface area (TPSA) is 117 Å². The van der Waals surface area contributed by atoms with Gasteiger partial charge < -0.3 is 10.4 Å². The number of nitrogens with one attached hydrogen (secondary N) is 1. The van der Waals surface area contributed by atoms with E-state index in [1.165, 1.54) is 17.3 Å². The van der Waals surface area contributed by atoms with Gasteiger partial charge in [0, 0.05) is 30.4 Å². The molecule has 0 unspecified atom stereocenters. The van der Waals surface area contributed by atoms with Gasteiger partial charge in [0.05, 0.1) is 10.4 Å². The first kappa shape index (κ1) is 30.3. The second kappa shape index (κ2) is 12.3. The number of amides is 1. The van der Waals surface area contributed by atoms with Crippen molar-refractivity contribution in [3.05, 3.63) is 82.6 Å². The summed E-state index contributed by atoms with van der Waals surface area (Å²) in [5.74, 6) is -1.61. The van der Waals surface area contributed by atoms with E-state index in [-0.39, 0.29) is 24.3 Å². The fourth-order valence-electron chi connectivity index (χ4n) is 4.45. The number of halogens is 1. The number of carboxylic acids is 1. The van der Waals surface area contributed by atoms with Crippen LogP contribution in [0.5, 0.6) is 0 Å². The van der Waals surface area contributed by atoms with Crippen LogP contribution in [0.25, 0.3) is 11.1 Å². The van der Waals surface area contributed by atoms with E-state index in [2.05, 4.69) is 10.3 Å². The lowest BCUT2D eigenvalue weighted by molar-refractivity contribution is -0.141. The largest absolute Gasteiger partial charge is 0.480 e. The molecule has 1 amide bonds. The number of aromatic nitrogens is 1. The highest BCUT2D eigenvalue weighted by atomic mass is 35.5. The van der Waals surface area contributed by atoms with E-state index in [4.69, 9.17) is 16.7 Å². The zero-order chi connectivity index (χ0) is 29.0. The van der Waals surface area contributed by atoms with Gasteiger partial charge in [-0.3, -0.25) is 14.6 Å². The van der Waals surface area contributed by atoms with Gasteiger partial charge in [0.1, 0.15) is 6.04 Å². The molecule has 0 aliphatic rings. The van der Waals surface area contributed by atoms with E-state index in [0.717, 1.165) is 22.3 Å². The number of nitrogens with zero attached hydrogens (tertiary/aromatic N) is 2. The maximum atomic E-state index is 14.2. The fraction of sp³-hybridized carbons (Fsp3) is 0.345. The molecule has 0 aliphatic heterocycles. The van der Waals surface area contributed by atoms with Crippen molar-refractivity contribution in [2.24, 2.45) is 0 Å². The molecule has 1 atom stereocenters. The van der Waals surface area contributed by atoms with Crippen LogP contribution < -0.4 is 5.32 Å². The van der Waals surface area contributed by atoms with Crippen molar-refractivity contribution >= 4 is 33.5 Å². The molecule has 8 nitrogen and oxygen atoms in total. The standard InChI is InChI=1S/C29H34ClN3O5S/c1-19-18-31-15-14-24(19)22-9-6-10-23(17-22)29(4,5)33(16-8-13-27(34)32-21(3)28(35)36)39(37,38)26-12-7-11-25(30)20(26)2/h6-7,9-12,14-15,17-18,21H,8,13,16H2,1-5H3,(H,32,34)(H,35,36)/t21-/m1/s1. The van der Waals surface area contributed by atoms with Gasteiger partial charge in [0.2, 0.25) is 15.9 Å². The molecule has 39 heavy (non-hydrogen) atoms. The minimum Gasteiger partial charge on any atom is -0.480 e. The Balaban J connectivity index is 2.02. The molecular weight excluding hydrogens is 538 g/mol. The van der Waals surface area contributed by atoms with Crippen LogP contribution in [0.3, 0.4) is 0 Å². The molecule has 0 aliphatic carbocycles. The quantitative estimate of drug-likeness (QED) is 0.322. The Morgan fingerprint density at radius 2 is 1.82 bits per heavy atom. The van der Waals surface area contributed by atoms with Crippen LogP contribution in [0.2, 0.25) is 5.02 Å². The highest BCUT2D eigenvalue weighted by Gasteiger charge is 2.39. The lowest BCUT2D eigenvalue weighted by Gasteiger charge is -2.38. The highest BCUT2D eigenvalue weighted by molar-refractivity contribution is 7.89. The summed E-state index contributed by atoms with van der Waals surface area (Å²) in [6, 6.07) is 13.4. The van der Waals surface area contributed by atoms with Gasteiger partial charge in [-0.1, -0.05) is 35.9 Å². The summed E-state index contributed by atoms with van der Waals surface area (Å²) in [6.45, 7) is 8.68. The summed E-state index contributed by atoms with van der Waals surface area (Å²) < 4.78 is 29.7. The summed E-state index contributed by atoms with van der Waals surface area (Å²) in [5, 5.41) is 11.8. The highest BCUT2D eigenvalue weighted by Crippen LogP contribution is 2.37. The Labute approximate surface area is 235 Å². The summed E-state index contributed by atoms with van der Waals surface area (Å²) in [4.78, 5) is 27.7. The Hall–Kier alpha value is -3.27. The number of pyridine rings is 1. The lowest BCUT2D eigenvalue weighted by atomic mass is 9.90. The molecule has 3 aromatic rings. The molecule has 0 bridgehead atoms. The second-order valence-corrected chi connectivity index (χ2v) is 12.2. The van der Waals surface area contributed by atoms with Crippen LogP contribution in [0, 0.1) is 13.8 Å². The number of aliphatic carboxylic acids is 1. The van der Waals surface area contributed by atoms with E-state index in [1.54, 1.807) is 31.5 Å². The molecule has 208 valence electrons.